The molecule has 18 heavy (non-hydrogen) atoms. The van der Waals surface area contributed by atoms with E-state index in [0.29, 0.717) is 5.82 Å². The number of amides is 1. The largest absolute Gasteiger partial charge is 0.471 e. The second-order valence-electron chi connectivity index (χ2n) is 3.70. The third-order valence-electron chi connectivity index (χ3n) is 2.34. The number of aromatic amines is 1. The first-order valence-corrected chi connectivity index (χ1v) is 5.25. The van der Waals surface area contributed by atoms with Gasteiger partial charge in [-0.2, -0.15) is 13.2 Å². The van der Waals surface area contributed by atoms with Crippen LogP contribution in [0.2, 0.25) is 0 Å². The minimum atomic E-state index is -4.84. The quantitative estimate of drug-likeness (QED) is 0.880. The van der Waals surface area contributed by atoms with Crippen LogP contribution < -0.4 is 5.32 Å². The number of halogens is 3. The number of para-hydroxylation sites is 2. The van der Waals surface area contributed by atoms with Crippen molar-refractivity contribution in [3.8, 4) is 0 Å². The van der Waals surface area contributed by atoms with Gasteiger partial charge in [0, 0.05) is 13.0 Å². The smallest absolute Gasteiger partial charge is 0.348 e. The van der Waals surface area contributed by atoms with Crippen LogP contribution in [0.1, 0.15) is 5.82 Å². The Labute approximate surface area is 100 Å². The van der Waals surface area contributed by atoms with Crippen LogP contribution in [-0.4, -0.2) is 28.6 Å². The fraction of sp³-hybridized carbons (Fsp3) is 0.273. The number of rotatable bonds is 3. The van der Waals surface area contributed by atoms with Crippen LogP contribution >= 0.6 is 0 Å². The summed E-state index contributed by atoms with van der Waals surface area (Å²) in [6, 6.07) is 7.26. The maximum atomic E-state index is 11.9. The highest BCUT2D eigenvalue weighted by molar-refractivity contribution is 5.81. The Hall–Kier alpha value is -2.05. The van der Waals surface area contributed by atoms with Crippen molar-refractivity contribution in [2.24, 2.45) is 0 Å². The van der Waals surface area contributed by atoms with E-state index in [1.54, 1.807) is 11.4 Å². The average molecular weight is 257 g/mol. The van der Waals surface area contributed by atoms with E-state index in [1.165, 1.54) is 0 Å². The zero-order chi connectivity index (χ0) is 13.2. The lowest BCUT2D eigenvalue weighted by Crippen LogP contribution is -2.37. The van der Waals surface area contributed by atoms with Gasteiger partial charge in [0.05, 0.1) is 11.0 Å². The molecular formula is C11H10F3N3O. The highest BCUT2D eigenvalue weighted by atomic mass is 19.4. The monoisotopic (exact) mass is 257 g/mol. The van der Waals surface area contributed by atoms with Gasteiger partial charge < -0.3 is 10.3 Å². The number of benzene rings is 1. The molecule has 0 atom stereocenters. The highest BCUT2D eigenvalue weighted by Gasteiger charge is 2.38. The third-order valence-corrected chi connectivity index (χ3v) is 2.34. The standard InChI is InChI=1S/C11H10F3N3O/c12-11(13,14)10(18)15-6-5-9-16-7-3-1-2-4-8(7)17-9/h1-4H,5-6H2,(H,15,18)(H,16,17). The summed E-state index contributed by atoms with van der Waals surface area (Å²) >= 11 is 0. The molecule has 0 fully saturated rings. The summed E-state index contributed by atoms with van der Waals surface area (Å²) in [6.45, 7) is -0.113. The number of carbonyl (C=O) groups excluding carboxylic acids is 1. The molecule has 1 aromatic carbocycles. The number of imidazole rings is 1. The SMILES string of the molecule is O=C(NCCc1nc2ccccc2[nH]1)C(F)(F)F. The lowest BCUT2D eigenvalue weighted by atomic mass is 10.3. The predicted octanol–water partition coefficient (Wildman–Crippen LogP) is 1.78. The first-order valence-electron chi connectivity index (χ1n) is 5.25. The Balaban J connectivity index is 1.93. The van der Waals surface area contributed by atoms with Crippen LogP contribution in [0.5, 0.6) is 0 Å². The summed E-state index contributed by atoms with van der Waals surface area (Å²) in [4.78, 5) is 17.7. The first kappa shape index (κ1) is 12.4. The van der Waals surface area contributed by atoms with Gasteiger partial charge in [0.15, 0.2) is 0 Å². The van der Waals surface area contributed by atoms with Gasteiger partial charge in [-0.05, 0) is 12.1 Å². The molecule has 0 saturated carbocycles. The fourth-order valence-electron chi connectivity index (χ4n) is 1.52. The van der Waals surface area contributed by atoms with Crippen LogP contribution in [0.4, 0.5) is 13.2 Å². The zero-order valence-corrected chi connectivity index (χ0v) is 9.21. The van der Waals surface area contributed by atoms with Gasteiger partial charge in [-0.25, -0.2) is 4.98 Å². The Kier molecular flexibility index (Phi) is 3.22. The van der Waals surface area contributed by atoms with Crippen LogP contribution in [0.15, 0.2) is 24.3 Å². The number of aromatic nitrogens is 2. The molecule has 2 aromatic rings. The average Bonchev–Trinajstić information content (AvgIpc) is 2.70. The minimum absolute atomic E-state index is 0.113. The van der Waals surface area contributed by atoms with Gasteiger partial charge in [0.25, 0.3) is 0 Å². The van der Waals surface area contributed by atoms with Crippen molar-refractivity contribution < 1.29 is 18.0 Å². The van der Waals surface area contributed by atoms with Crippen LogP contribution in [0, 0.1) is 0 Å². The van der Waals surface area contributed by atoms with Gasteiger partial charge in [-0.15, -0.1) is 0 Å². The van der Waals surface area contributed by atoms with E-state index >= 15 is 0 Å². The molecule has 0 aliphatic carbocycles. The second kappa shape index (κ2) is 4.67. The van der Waals surface area contributed by atoms with Gasteiger partial charge in [-0.1, -0.05) is 12.1 Å². The summed E-state index contributed by atoms with van der Waals surface area (Å²) in [7, 11) is 0. The molecule has 0 saturated heterocycles. The molecular weight excluding hydrogens is 247 g/mol. The number of nitrogens with zero attached hydrogens (tertiary/aromatic N) is 1. The molecule has 1 heterocycles. The molecule has 0 radical (unpaired) electrons. The number of hydrogen-bond donors (Lipinski definition) is 2. The molecule has 0 unspecified atom stereocenters. The van der Waals surface area contributed by atoms with E-state index in [9.17, 15) is 18.0 Å². The van der Waals surface area contributed by atoms with Crippen molar-refractivity contribution in [2.75, 3.05) is 6.54 Å². The molecule has 1 aromatic heterocycles. The minimum Gasteiger partial charge on any atom is -0.348 e. The summed E-state index contributed by atoms with van der Waals surface area (Å²) < 4.78 is 35.7. The fourth-order valence-corrected chi connectivity index (χ4v) is 1.52. The molecule has 2 N–H and O–H groups in total. The molecule has 0 bridgehead atoms. The van der Waals surface area contributed by atoms with Crippen molar-refractivity contribution in [1.82, 2.24) is 15.3 Å². The van der Waals surface area contributed by atoms with Crippen molar-refractivity contribution in [1.29, 1.82) is 0 Å². The summed E-state index contributed by atoms with van der Waals surface area (Å²) in [5.74, 6) is -1.39. The van der Waals surface area contributed by atoms with Crippen molar-refractivity contribution in [3.63, 3.8) is 0 Å². The molecule has 0 spiro atoms. The first-order chi connectivity index (χ1) is 8.47. The molecule has 7 heteroatoms. The lowest BCUT2D eigenvalue weighted by Gasteiger charge is -2.06. The number of carbonyl (C=O) groups is 1. The van der Waals surface area contributed by atoms with Crippen LogP contribution in [0.3, 0.4) is 0 Å². The molecule has 2 rings (SSSR count). The zero-order valence-electron chi connectivity index (χ0n) is 9.21. The topological polar surface area (TPSA) is 57.8 Å². The Morgan fingerprint density at radius 2 is 2.06 bits per heavy atom. The second-order valence-corrected chi connectivity index (χ2v) is 3.70. The molecule has 4 nitrogen and oxygen atoms in total. The number of fused-ring (bicyclic) bond motifs is 1. The van der Waals surface area contributed by atoms with Crippen molar-refractivity contribution in [2.45, 2.75) is 12.6 Å². The maximum absolute atomic E-state index is 11.9. The van der Waals surface area contributed by atoms with Crippen molar-refractivity contribution >= 4 is 16.9 Å². The van der Waals surface area contributed by atoms with Crippen molar-refractivity contribution in [3.05, 3.63) is 30.1 Å². The van der Waals surface area contributed by atoms with Crippen LogP contribution in [0.25, 0.3) is 11.0 Å². The van der Waals surface area contributed by atoms with E-state index in [1.807, 2.05) is 18.2 Å². The number of alkyl halides is 3. The Bertz CT molecular complexity index is 529. The van der Waals surface area contributed by atoms with E-state index in [2.05, 4.69) is 9.97 Å². The van der Waals surface area contributed by atoms with Gasteiger partial charge in [-0.3, -0.25) is 4.79 Å². The van der Waals surface area contributed by atoms with Gasteiger partial charge in [0.2, 0.25) is 0 Å². The lowest BCUT2D eigenvalue weighted by molar-refractivity contribution is -0.173. The van der Waals surface area contributed by atoms with E-state index < -0.39 is 12.1 Å². The summed E-state index contributed by atoms with van der Waals surface area (Å²) in [6.07, 6.45) is -4.62. The third kappa shape index (κ3) is 2.79. The van der Waals surface area contributed by atoms with E-state index in [-0.39, 0.29) is 13.0 Å². The maximum Gasteiger partial charge on any atom is 0.471 e. The highest BCUT2D eigenvalue weighted by Crippen LogP contribution is 2.14. The normalized spacial score (nSPS) is 11.7. The molecule has 96 valence electrons. The van der Waals surface area contributed by atoms with Gasteiger partial charge >= 0.3 is 12.1 Å². The molecule has 1 amide bonds. The Morgan fingerprint density at radius 3 is 2.72 bits per heavy atom. The summed E-state index contributed by atoms with van der Waals surface area (Å²) in [5.41, 5.74) is 1.56. The van der Waals surface area contributed by atoms with Crippen LogP contribution in [-0.2, 0) is 11.2 Å². The van der Waals surface area contributed by atoms with Gasteiger partial charge in [0.1, 0.15) is 5.82 Å². The summed E-state index contributed by atoms with van der Waals surface area (Å²) in [5, 5.41) is 1.79. The number of H-pyrrole nitrogens is 1. The number of nitrogens with one attached hydrogen (secondary N) is 2. The number of hydrogen-bond acceptors (Lipinski definition) is 2. The Morgan fingerprint density at radius 1 is 1.33 bits per heavy atom. The van der Waals surface area contributed by atoms with E-state index in [4.69, 9.17) is 0 Å². The molecule has 0 aliphatic rings. The molecule has 0 aliphatic heterocycles. The predicted molar refractivity (Wildman–Crippen MR) is 58.9 cm³/mol. The van der Waals surface area contributed by atoms with E-state index in [0.717, 1.165) is 11.0 Å².